The Morgan fingerprint density at radius 2 is 1.75 bits per heavy atom. The van der Waals surface area contributed by atoms with Gasteiger partial charge in [0.25, 0.3) is 0 Å². The summed E-state index contributed by atoms with van der Waals surface area (Å²) in [5.74, 6) is 0.790. The Balaban J connectivity index is 1.86. The van der Waals surface area contributed by atoms with Crippen LogP contribution >= 0.6 is 11.6 Å². The minimum Gasteiger partial charge on any atom is -0.367 e. The third-order valence-electron chi connectivity index (χ3n) is 4.45. The highest BCUT2D eigenvalue weighted by Crippen LogP contribution is 2.41. The van der Waals surface area contributed by atoms with Crippen molar-refractivity contribution in [3.05, 3.63) is 83.4 Å². The van der Waals surface area contributed by atoms with Crippen molar-refractivity contribution in [2.24, 2.45) is 0 Å². The molecule has 0 aliphatic carbocycles. The van der Waals surface area contributed by atoms with E-state index >= 15 is 0 Å². The molecule has 4 nitrogen and oxygen atoms in total. The van der Waals surface area contributed by atoms with E-state index in [1.807, 2.05) is 30.3 Å². The molecular weight excluding hydrogens is 320 g/mol. The number of rotatable bonds is 1. The molecule has 0 saturated heterocycles. The number of hydrogen-bond acceptors (Lipinski definition) is 3. The zero-order chi connectivity index (χ0) is 16.1. The Labute approximate surface area is 143 Å². The molecule has 5 rings (SSSR count). The first kappa shape index (κ1) is 13.6. The van der Waals surface area contributed by atoms with Gasteiger partial charge in [-0.15, -0.1) is 0 Å². The van der Waals surface area contributed by atoms with Gasteiger partial charge in [-0.2, -0.15) is 0 Å². The number of para-hydroxylation sites is 1. The fraction of sp³-hybridized carbons (Fsp3) is 0.0526. The number of benzene rings is 2. The summed E-state index contributed by atoms with van der Waals surface area (Å²) in [7, 11) is 0. The van der Waals surface area contributed by atoms with E-state index in [-0.39, 0.29) is 6.04 Å². The van der Waals surface area contributed by atoms with Gasteiger partial charge in [-0.25, -0.2) is 9.97 Å². The summed E-state index contributed by atoms with van der Waals surface area (Å²) in [6.45, 7) is 0. The molecule has 2 aromatic heterocycles. The average Bonchev–Trinajstić information content (AvgIpc) is 3.02. The number of fused-ring (bicyclic) bond motifs is 5. The second kappa shape index (κ2) is 5.08. The van der Waals surface area contributed by atoms with E-state index in [0.717, 1.165) is 22.7 Å². The Morgan fingerprint density at radius 1 is 0.958 bits per heavy atom. The maximum atomic E-state index is 6.35. The molecule has 0 radical (unpaired) electrons. The molecule has 4 aromatic rings. The first-order valence-electron chi connectivity index (χ1n) is 7.75. The SMILES string of the molecule is Clc1ncnc2c1NC(c1ccccc1)c1cc3ccccc3n1-2. The van der Waals surface area contributed by atoms with E-state index in [2.05, 4.69) is 50.2 Å². The lowest BCUT2D eigenvalue weighted by Crippen LogP contribution is -2.23. The Bertz CT molecular complexity index is 1060. The Hall–Kier alpha value is -2.85. The molecule has 3 heterocycles. The fourth-order valence-electron chi connectivity index (χ4n) is 3.39. The molecule has 0 amide bonds. The van der Waals surface area contributed by atoms with Crippen molar-refractivity contribution in [1.82, 2.24) is 14.5 Å². The van der Waals surface area contributed by atoms with E-state index in [9.17, 15) is 0 Å². The zero-order valence-corrected chi connectivity index (χ0v) is 13.4. The second-order valence-electron chi connectivity index (χ2n) is 5.81. The molecule has 1 aliphatic rings. The monoisotopic (exact) mass is 332 g/mol. The predicted octanol–water partition coefficient (Wildman–Crippen LogP) is 4.59. The van der Waals surface area contributed by atoms with Crippen molar-refractivity contribution >= 4 is 28.2 Å². The van der Waals surface area contributed by atoms with Crippen LogP contribution in [0.2, 0.25) is 5.15 Å². The van der Waals surface area contributed by atoms with Gasteiger partial charge in [-0.05, 0) is 17.7 Å². The molecule has 0 spiro atoms. The lowest BCUT2D eigenvalue weighted by molar-refractivity contribution is 0.798. The van der Waals surface area contributed by atoms with E-state index in [1.54, 1.807) is 0 Å². The summed E-state index contributed by atoms with van der Waals surface area (Å²) in [5, 5.41) is 5.13. The standard InChI is InChI=1S/C19H13ClN4/c20-18-17-19(22-11-21-18)24-14-9-5-4-8-13(14)10-15(24)16(23-17)12-6-2-1-3-7-12/h1-11,16,23H. The summed E-state index contributed by atoms with van der Waals surface area (Å²) < 4.78 is 2.17. The first-order chi connectivity index (χ1) is 11.8. The van der Waals surface area contributed by atoms with Crippen molar-refractivity contribution in [3.63, 3.8) is 0 Å². The van der Waals surface area contributed by atoms with Crippen LogP contribution in [0.4, 0.5) is 5.69 Å². The number of nitrogens with zero attached hydrogens (tertiary/aromatic N) is 3. The van der Waals surface area contributed by atoms with Gasteiger partial charge >= 0.3 is 0 Å². The molecule has 1 N–H and O–H groups in total. The molecule has 0 fully saturated rings. The van der Waals surface area contributed by atoms with Gasteiger partial charge in [0.15, 0.2) is 11.0 Å². The smallest absolute Gasteiger partial charge is 0.165 e. The van der Waals surface area contributed by atoms with Crippen LogP contribution in [0.3, 0.4) is 0 Å². The number of nitrogens with one attached hydrogen (secondary N) is 1. The minimum absolute atomic E-state index is 0.00500. The Kier molecular flexibility index (Phi) is 2.87. The highest BCUT2D eigenvalue weighted by atomic mass is 35.5. The van der Waals surface area contributed by atoms with Gasteiger partial charge in [0, 0.05) is 5.39 Å². The van der Waals surface area contributed by atoms with Crippen molar-refractivity contribution < 1.29 is 0 Å². The molecule has 0 saturated carbocycles. The molecule has 1 aliphatic heterocycles. The van der Waals surface area contributed by atoms with Crippen LogP contribution < -0.4 is 5.32 Å². The molecule has 116 valence electrons. The summed E-state index contributed by atoms with van der Waals surface area (Å²) in [6.07, 6.45) is 1.50. The lowest BCUT2D eigenvalue weighted by atomic mass is 10.0. The van der Waals surface area contributed by atoms with Gasteiger partial charge in [-0.1, -0.05) is 60.1 Å². The molecule has 2 aromatic carbocycles. The number of hydrogen-bond donors (Lipinski definition) is 1. The van der Waals surface area contributed by atoms with Crippen LogP contribution in [0.25, 0.3) is 16.7 Å². The van der Waals surface area contributed by atoms with Gasteiger partial charge in [0.1, 0.15) is 12.0 Å². The highest BCUT2D eigenvalue weighted by Gasteiger charge is 2.29. The predicted molar refractivity (Wildman–Crippen MR) is 95.8 cm³/mol. The molecule has 24 heavy (non-hydrogen) atoms. The van der Waals surface area contributed by atoms with Gasteiger partial charge in [0.05, 0.1) is 17.3 Å². The van der Waals surface area contributed by atoms with Crippen LogP contribution in [-0.2, 0) is 0 Å². The van der Waals surface area contributed by atoms with Crippen molar-refractivity contribution in [3.8, 4) is 5.82 Å². The van der Waals surface area contributed by atoms with E-state index in [0.29, 0.717) is 5.15 Å². The number of halogens is 1. The first-order valence-corrected chi connectivity index (χ1v) is 8.13. The van der Waals surface area contributed by atoms with Crippen LogP contribution in [0, 0.1) is 0 Å². The summed E-state index contributed by atoms with van der Waals surface area (Å²) in [5.41, 5.74) is 4.20. The van der Waals surface area contributed by atoms with Crippen LogP contribution in [0.15, 0.2) is 67.0 Å². The zero-order valence-electron chi connectivity index (χ0n) is 12.6. The topological polar surface area (TPSA) is 42.7 Å². The Morgan fingerprint density at radius 3 is 2.62 bits per heavy atom. The summed E-state index contributed by atoms with van der Waals surface area (Å²) in [4.78, 5) is 8.61. The second-order valence-corrected chi connectivity index (χ2v) is 6.17. The summed E-state index contributed by atoms with van der Waals surface area (Å²) in [6, 6.07) is 20.8. The third-order valence-corrected chi connectivity index (χ3v) is 4.74. The fourth-order valence-corrected chi connectivity index (χ4v) is 3.57. The maximum Gasteiger partial charge on any atom is 0.165 e. The van der Waals surface area contributed by atoms with E-state index in [1.165, 1.54) is 17.3 Å². The van der Waals surface area contributed by atoms with Crippen molar-refractivity contribution in [2.45, 2.75) is 6.04 Å². The minimum atomic E-state index is -0.00500. The average molecular weight is 333 g/mol. The summed E-state index contributed by atoms with van der Waals surface area (Å²) >= 11 is 6.35. The quantitative estimate of drug-likeness (QED) is 0.518. The third kappa shape index (κ3) is 1.87. The largest absolute Gasteiger partial charge is 0.367 e. The van der Waals surface area contributed by atoms with Crippen LogP contribution in [0.1, 0.15) is 17.3 Å². The highest BCUT2D eigenvalue weighted by molar-refractivity contribution is 6.32. The molecule has 0 bridgehead atoms. The van der Waals surface area contributed by atoms with Crippen LogP contribution in [-0.4, -0.2) is 14.5 Å². The maximum absolute atomic E-state index is 6.35. The van der Waals surface area contributed by atoms with Crippen molar-refractivity contribution in [2.75, 3.05) is 5.32 Å². The molecule has 1 atom stereocenters. The van der Waals surface area contributed by atoms with Gasteiger partial charge in [0.2, 0.25) is 0 Å². The number of aromatic nitrogens is 3. The van der Waals surface area contributed by atoms with E-state index in [4.69, 9.17) is 11.6 Å². The molecule has 5 heteroatoms. The van der Waals surface area contributed by atoms with Crippen LogP contribution in [0.5, 0.6) is 0 Å². The van der Waals surface area contributed by atoms with Gasteiger partial charge in [-0.3, -0.25) is 4.57 Å². The number of anilines is 1. The van der Waals surface area contributed by atoms with E-state index < -0.39 is 0 Å². The normalized spacial score (nSPS) is 15.6. The van der Waals surface area contributed by atoms with Crippen molar-refractivity contribution in [1.29, 1.82) is 0 Å². The van der Waals surface area contributed by atoms with Gasteiger partial charge < -0.3 is 5.32 Å². The lowest BCUT2D eigenvalue weighted by Gasteiger charge is -2.29. The molecule has 1 unspecified atom stereocenters. The molecular formula is C19H13ClN4.